The van der Waals surface area contributed by atoms with Crippen molar-refractivity contribution < 1.29 is 14.3 Å². The summed E-state index contributed by atoms with van der Waals surface area (Å²) < 4.78 is 14.0. The first-order valence-electron chi connectivity index (χ1n) is 8.57. The summed E-state index contributed by atoms with van der Waals surface area (Å²) in [5.41, 5.74) is 0.135. The molecule has 5 heteroatoms. The summed E-state index contributed by atoms with van der Waals surface area (Å²) in [5.74, 6) is -0.402. The Labute approximate surface area is 147 Å². The van der Waals surface area contributed by atoms with E-state index in [2.05, 4.69) is 5.32 Å². The smallest absolute Gasteiger partial charge is 0.317 e. The first-order valence-corrected chi connectivity index (χ1v) is 8.57. The van der Waals surface area contributed by atoms with Gasteiger partial charge in [0.05, 0.1) is 11.6 Å². The molecule has 3 rings (SSSR count). The van der Waals surface area contributed by atoms with Gasteiger partial charge in [-0.25, -0.2) is 9.18 Å². The lowest BCUT2D eigenvalue weighted by Gasteiger charge is -2.39. The third-order valence-electron chi connectivity index (χ3n) is 4.89. The number of halogens is 1. The van der Waals surface area contributed by atoms with Crippen molar-refractivity contribution in [2.24, 2.45) is 0 Å². The summed E-state index contributed by atoms with van der Waals surface area (Å²) in [6.45, 7) is 2.71. The minimum atomic E-state index is -1.22. The van der Waals surface area contributed by atoms with E-state index in [0.717, 1.165) is 5.56 Å². The number of nitrogens with zero attached hydrogens (tertiary/aromatic N) is 1. The number of carbonyl (C=O) groups excluding carboxylic acids is 1. The summed E-state index contributed by atoms with van der Waals surface area (Å²) in [5, 5.41) is 13.8. The van der Waals surface area contributed by atoms with E-state index < -0.39 is 11.4 Å². The van der Waals surface area contributed by atoms with Gasteiger partial charge in [-0.15, -0.1) is 0 Å². The Morgan fingerprint density at radius 3 is 2.36 bits per heavy atom. The van der Waals surface area contributed by atoms with Crippen LogP contribution in [-0.4, -0.2) is 29.1 Å². The molecule has 1 unspecified atom stereocenters. The average Bonchev–Trinajstić information content (AvgIpc) is 2.63. The van der Waals surface area contributed by atoms with Gasteiger partial charge in [0.15, 0.2) is 0 Å². The highest BCUT2D eigenvalue weighted by molar-refractivity contribution is 5.74. The van der Waals surface area contributed by atoms with Gasteiger partial charge in [0.25, 0.3) is 0 Å². The molecule has 0 radical (unpaired) electrons. The normalized spacial score (nSPS) is 17.8. The fraction of sp³-hybridized carbons (Fsp3) is 0.350. The summed E-state index contributed by atoms with van der Waals surface area (Å²) >= 11 is 0. The number of hydrogen-bond acceptors (Lipinski definition) is 2. The lowest BCUT2D eigenvalue weighted by molar-refractivity contribution is -0.0196. The number of benzene rings is 2. The zero-order valence-corrected chi connectivity index (χ0v) is 14.3. The van der Waals surface area contributed by atoms with Crippen LogP contribution in [0.1, 0.15) is 36.9 Å². The zero-order chi connectivity index (χ0) is 17.9. The molecular weight excluding hydrogens is 319 g/mol. The van der Waals surface area contributed by atoms with Gasteiger partial charge in [-0.2, -0.15) is 0 Å². The maximum Gasteiger partial charge on any atom is 0.317 e. The van der Waals surface area contributed by atoms with Crippen LogP contribution in [0.5, 0.6) is 0 Å². The Morgan fingerprint density at radius 1 is 1.12 bits per heavy atom. The molecule has 2 aromatic rings. The van der Waals surface area contributed by atoms with Crippen molar-refractivity contribution in [1.29, 1.82) is 0 Å². The summed E-state index contributed by atoms with van der Waals surface area (Å²) in [6, 6.07) is 15.8. The van der Waals surface area contributed by atoms with Crippen LogP contribution in [0, 0.1) is 5.82 Å². The highest BCUT2D eigenvalue weighted by atomic mass is 19.1. The Kier molecular flexibility index (Phi) is 5.04. The quantitative estimate of drug-likeness (QED) is 0.896. The summed E-state index contributed by atoms with van der Waals surface area (Å²) in [4.78, 5) is 14.1. The maximum atomic E-state index is 14.0. The number of likely N-dealkylation sites (tertiary alicyclic amines) is 1. The molecule has 0 bridgehead atoms. The van der Waals surface area contributed by atoms with E-state index in [1.54, 1.807) is 23.1 Å². The Morgan fingerprint density at radius 2 is 1.72 bits per heavy atom. The van der Waals surface area contributed by atoms with Crippen molar-refractivity contribution in [2.75, 3.05) is 13.1 Å². The predicted molar refractivity (Wildman–Crippen MR) is 94.5 cm³/mol. The van der Waals surface area contributed by atoms with E-state index in [0.29, 0.717) is 31.5 Å². The maximum absolute atomic E-state index is 14.0. The van der Waals surface area contributed by atoms with Crippen molar-refractivity contribution in [3.63, 3.8) is 0 Å². The van der Waals surface area contributed by atoms with Crippen LogP contribution < -0.4 is 5.32 Å². The number of rotatable bonds is 3. The SMILES string of the molecule is CC(NC(=O)N1CCC(O)(c2ccccc2F)CC1)c1ccccc1. The van der Waals surface area contributed by atoms with Crippen molar-refractivity contribution in [1.82, 2.24) is 10.2 Å². The molecule has 2 amide bonds. The third-order valence-corrected chi connectivity index (χ3v) is 4.89. The third kappa shape index (κ3) is 3.82. The monoisotopic (exact) mass is 342 g/mol. The summed E-state index contributed by atoms with van der Waals surface area (Å²) in [6.07, 6.45) is 0.641. The molecule has 25 heavy (non-hydrogen) atoms. The minimum Gasteiger partial charge on any atom is -0.385 e. The molecule has 1 heterocycles. The van der Waals surface area contributed by atoms with Crippen LogP contribution in [0.15, 0.2) is 54.6 Å². The van der Waals surface area contributed by atoms with Gasteiger partial charge in [-0.05, 0) is 31.4 Å². The van der Waals surface area contributed by atoms with Gasteiger partial charge in [0.1, 0.15) is 5.82 Å². The molecule has 1 aliphatic rings. The van der Waals surface area contributed by atoms with Crippen molar-refractivity contribution in [3.8, 4) is 0 Å². The predicted octanol–water partition coefficient (Wildman–Crippen LogP) is 3.58. The van der Waals surface area contributed by atoms with Crippen LogP contribution >= 0.6 is 0 Å². The lowest BCUT2D eigenvalue weighted by atomic mass is 9.84. The molecule has 4 nitrogen and oxygen atoms in total. The molecule has 2 N–H and O–H groups in total. The second-order valence-electron chi connectivity index (χ2n) is 6.58. The molecule has 0 aliphatic carbocycles. The number of amides is 2. The van der Waals surface area contributed by atoms with Crippen molar-refractivity contribution >= 4 is 6.03 Å². The molecule has 1 atom stereocenters. The Hall–Kier alpha value is -2.40. The second kappa shape index (κ2) is 7.23. The lowest BCUT2D eigenvalue weighted by Crippen LogP contribution is -2.49. The topological polar surface area (TPSA) is 52.6 Å². The molecule has 1 saturated heterocycles. The van der Waals surface area contributed by atoms with E-state index in [-0.39, 0.29) is 12.1 Å². The Bertz CT molecular complexity index is 727. The number of nitrogens with one attached hydrogen (secondary N) is 1. The van der Waals surface area contributed by atoms with Crippen LogP contribution in [0.25, 0.3) is 0 Å². The van der Waals surface area contributed by atoms with Gasteiger partial charge in [-0.3, -0.25) is 0 Å². The fourth-order valence-electron chi connectivity index (χ4n) is 3.29. The first-order chi connectivity index (χ1) is 12.0. The average molecular weight is 342 g/mol. The van der Waals surface area contributed by atoms with Gasteiger partial charge < -0.3 is 15.3 Å². The molecule has 2 aromatic carbocycles. The van der Waals surface area contributed by atoms with E-state index in [9.17, 15) is 14.3 Å². The minimum absolute atomic E-state index is 0.0962. The van der Waals surface area contributed by atoms with E-state index in [1.165, 1.54) is 6.07 Å². The number of piperidine rings is 1. The van der Waals surface area contributed by atoms with Crippen molar-refractivity contribution in [2.45, 2.75) is 31.4 Å². The molecule has 132 valence electrons. The molecular formula is C20H23FN2O2. The van der Waals surface area contributed by atoms with E-state index in [4.69, 9.17) is 0 Å². The van der Waals surface area contributed by atoms with Crippen LogP contribution in [0.2, 0.25) is 0 Å². The molecule has 1 fully saturated rings. The number of carbonyl (C=O) groups is 1. The fourth-order valence-corrected chi connectivity index (χ4v) is 3.29. The Balaban J connectivity index is 1.60. The van der Waals surface area contributed by atoms with E-state index in [1.807, 2.05) is 37.3 Å². The number of hydrogen-bond donors (Lipinski definition) is 2. The van der Waals surface area contributed by atoms with Crippen LogP contribution in [-0.2, 0) is 5.60 Å². The van der Waals surface area contributed by atoms with Crippen LogP contribution in [0.3, 0.4) is 0 Å². The first kappa shape index (κ1) is 17.4. The summed E-state index contributed by atoms with van der Waals surface area (Å²) in [7, 11) is 0. The highest BCUT2D eigenvalue weighted by Gasteiger charge is 2.37. The van der Waals surface area contributed by atoms with Crippen LogP contribution in [0.4, 0.5) is 9.18 Å². The standard InChI is InChI=1S/C20H23FN2O2/c1-15(16-7-3-2-4-8-16)22-19(24)23-13-11-20(25,12-14-23)17-9-5-6-10-18(17)21/h2-10,15,25H,11-14H2,1H3,(H,22,24). The van der Waals surface area contributed by atoms with Gasteiger partial charge in [0, 0.05) is 18.7 Å². The number of aliphatic hydroxyl groups is 1. The van der Waals surface area contributed by atoms with Crippen molar-refractivity contribution in [3.05, 3.63) is 71.5 Å². The highest BCUT2D eigenvalue weighted by Crippen LogP contribution is 2.34. The van der Waals surface area contributed by atoms with Gasteiger partial charge >= 0.3 is 6.03 Å². The zero-order valence-electron chi connectivity index (χ0n) is 14.3. The second-order valence-corrected chi connectivity index (χ2v) is 6.58. The largest absolute Gasteiger partial charge is 0.385 e. The molecule has 0 aromatic heterocycles. The molecule has 0 saturated carbocycles. The van der Waals surface area contributed by atoms with E-state index >= 15 is 0 Å². The van der Waals surface area contributed by atoms with Gasteiger partial charge in [-0.1, -0.05) is 48.5 Å². The van der Waals surface area contributed by atoms with Gasteiger partial charge in [0.2, 0.25) is 0 Å². The number of urea groups is 1. The molecule has 0 spiro atoms. The molecule has 1 aliphatic heterocycles.